The van der Waals surface area contributed by atoms with Crippen molar-refractivity contribution in [2.75, 3.05) is 18.5 Å². The van der Waals surface area contributed by atoms with Gasteiger partial charge in [0.25, 0.3) is 5.91 Å². The highest BCUT2D eigenvalue weighted by Crippen LogP contribution is 2.15. The van der Waals surface area contributed by atoms with Gasteiger partial charge in [-0.05, 0) is 37.7 Å². The Bertz CT molecular complexity index is 649. The number of anilines is 1. The van der Waals surface area contributed by atoms with Crippen molar-refractivity contribution in [3.8, 4) is 0 Å². The molecule has 142 valence electrons. The maximum Gasteiger partial charge on any atom is 0.306 e. The highest BCUT2D eigenvalue weighted by atomic mass is 32.1. The third kappa shape index (κ3) is 8.06. The van der Waals surface area contributed by atoms with Crippen LogP contribution in [0.4, 0.5) is 5.69 Å². The number of esters is 1. The lowest BCUT2D eigenvalue weighted by atomic mass is 10.1. The third-order valence-corrected chi connectivity index (χ3v) is 3.55. The Morgan fingerprint density at radius 1 is 1.12 bits per heavy atom. The Hall–Kier alpha value is -2.48. The van der Waals surface area contributed by atoms with Crippen molar-refractivity contribution < 1.29 is 19.1 Å². The topological polar surface area (TPSA) is 96.5 Å². The minimum atomic E-state index is -0.435. The molecular weight excluding hydrogens is 354 g/mol. The Balaban J connectivity index is 2.57. The van der Waals surface area contributed by atoms with E-state index in [1.165, 1.54) is 0 Å². The molecule has 8 heteroatoms. The van der Waals surface area contributed by atoms with Crippen LogP contribution in [0, 0.1) is 0 Å². The first-order valence-corrected chi connectivity index (χ1v) is 9.02. The fraction of sp³-hybridized carbons (Fsp3) is 0.444. The van der Waals surface area contributed by atoms with E-state index in [-0.39, 0.29) is 30.5 Å². The van der Waals surface area contributed by atoms with E-state index in [0.717, 1.165) is 12.8 Å². The molecule has 0 bridgehead atoms. The zero-order valence-corrected chi connectivity index (χ0v) is 15.9. The number of para-hydroxylation sites is 1. The van der Waals surface area contributed by atoms with Gasteiger partial charge in [-0.2, -0.15) is 0 Å². The molecule has 0 heterocycles. The minimum Gasteiger partial charge on any atom is -0.466 e. The number of thiocarbonyl (C=S) groups is 1. The first-order chi connectivity index (χ1) is 12.5. The van der Waals surface area contributed by atoms with Gasteiger partial charge in [-0.15, -0.1) is 0 Å². The molecule has 0 aliphatic carbocycles. The van der Waals surface area contributed by atoms with Gasteiger partial charge in [0.05, 0.1) is 24.3 Å². The summed E-state index contributed by atoms with van der Waals surface area (Å²) in [6, 6.07) is 6.89. The Labute approximate surface area is 158 Å². The van der Waals surface area contributed by atoms with Crippen LogP contribution in [0.15, 0.2) is 24.3 Å². The van der Waals surface area contributed by atoms with E-state index in [4.69, 9.17) is 17.0 Å². The van der Waals surface area contributed by atoms with Crippen molar-refractivity contribution in [3.05, 3.63) is 29.8 Å². The molecule has 0 radical (unpaired) electrons. The number of amides is 2. The van der Waals surface area contributed by atoms with Gasteiger partial charge in [0.2, 0.25) is 5.91 Å². The predicted octanol–water partition coefficient (Wildman–Crippen LogP) is 2.37. The van der Waals surface area contributed by atoms with Gasteiger partial charge in [0.15, 0.2) is 5.11 Å². The number of ether oxygens (including phenoxy) is 1. The average molecular weight is 379 g/mol. The van der Waals surface area contributed by atoms with Gasteiger partial charge in [-0.25, -0.2) is 0 Å². The summed E-state index contributed by atoms with van der Waals surface area (Å²) in [6.07, 6.45) is 1.84. The number of hydrogen-bond donors (Lipinski definition) is 3. The number of carbonyl (C=O) groups is 3. The normalized spacial score (nSPS) is 9.92. The molecule has 0 aliphatic heterocycles. The molecule has 0 unspecified atom stereocenters. The molecule has 7 nitrogen and oxygen atoms in total. The fourth-order valence-corrected chi connectivity index (χ4v) is 2.28. The van der Waals surface area contributed by atoms with E-state index in [1.807, 2.05) is 6.92 Å². The number of unbranched alkanes of at least 4 members (excludes halogenated alkanes) is 1. The number of carbonyl (C=O) groups excluding carboxylic acids is 3. The summed E-state index contributed by atoms with van der Waals surface area (Å²) < 4.78 is 4.76. The Morgan fingerprint density at radius 3 is 2.54 bits per heavy atom. The molecule has 0 spiro atoms. The lowest BCUT2D eigenvalue weighted by Gasteiger charge is -2.13. The van der Waals surface area contributed by atoms with Crippen LogP contribution in [0.1, 0.15) is 49.9 Å². The summed E-state index contributed by atoms with van der Waals surface area (Å²) in [5, 5.41) is 8.23. The van der Waals surface area contributed by atoms with Crippen LogP contribution in [-0.4, -0.2) is 36.0 Å². The van der Waals surface area contributed by atoms with Crippen LogP contribution in [0.2, 0.25) is 0 Å². The van der Waals surface area contributed by atoms with Gasteiger partial charge in [-0.1, -0.05) is 25.5 Å². The standard InChI is InChI=1S/C18H25N3O4S/c1-3-5-12-19-17(24)13-8-6-7-9-14(13)20-18(26)21-15(22)10-11-16(23)25-4-2/h6-9H,3-5,10-12H2,1-2H3,(H,19,24)(H2,20,21,22,26). The molecule has 0 saturated heterocycles. The highest BCUT2D eigenvalue weighted by molar-refractivity contribution is 7.80. The van der Waals surface area contributed by atoms with Gasteiger partial charge in [-0.3, -0.25) is 14.4 Å². The summed E-state index contributed by atoms with van der Waals surface area (Å²) in [5.41, 5.74) is 0.934. The highest BCUT2D eigenvalue weighted by Gasteiger charge is 2.13. The predicted molar refractivity (Wildman–Crippen MR) is 104 cm³/mol. The van der Waals surface area contributed by atoms with Crippen molar-refractivity contribution in [1.29, 1.82) is 0 Å². The fourth-order valence-electron chi connectivity index (χ4n) is 2.06. The van der Waals surface area contributed by atoms with Crippen LogP contribution in [-0.2, 0) is 14.3 Å². The van der Waals surface area contributed by atoms with Crippen LogP contribution in [0.3, 0.4) is 0 Å². The molecule has 2 amide bonds. The second kappa shape index (κ2) is 12.0. The minimum absolute atomic E-state index is 0.0152. The van der Waals surface area contributed by atoms with Gasteiger partial charge in [0.1, 0.15) is 0 Å². The zero-order chi connectivity index (χ0) is 19.4. The zero-order valence-electron chi connectivity index (χ0n) is 15.1. The molecule has 0 aliphatic rings. The number of rotatable bonds is 9. The molecule has 0 fully saturated rings. The molecule has 0 atom stereocenters. The van der Waals surface area contributed by atoms with Crippen molar-refractivity contribution in [3.63, 3.8) is 0 Å². The second-order valence-corrected chi connectivity index (χ2v) is 5.87. The summed E-state index contributed by atoms with van der Waals surface area (Å²) in [4.78, 5) is 35.3. The van der Waals surface area contributed by atoms with E-state index in [0.29, 0.717) is 17.8 Å². The number of nitrogens with one attached hydrogen (secondary N) is 3. The van der Waals surface area contributed by atoms with Crippen molar-refractivity contribution in [2.45, 2.75) is 39.5 Å². The largest absolute Gasteiger partial charge is 0.466 e. The van der Waals surface area contributed by atoms with Crippen molar-refractivity contribution >= 4 is 40.8 Å². The van der Waals surface area contributed by atoms with E-state index in [2.05, 4.69) is 16.0 Å². The maximum atomic E-state index is 12.2. The van der Waals surface area contributed by atoms with Gasteiger partial charge >= 0.3 is 5.97 Å². The van der Waals surface area contributed by atoms with Gasteiger partial charge in [0, 0.05) is 13.0 Å². The van der Waals surface area contributed by atoms with Crippen LogP contribution >= 0.6 is 12.2 Å². The average Bonchev–Trinajstić information content (AvgIpc) is 2.60. The van der Waals surface area contributed by atoms with Crippen LogP contribution in [0.25, 0.3) is 0 Å². The molecule has 1 rings (SSSR count). The quantitative estimate of drug-likeness (QED) is 0.346. The molecule has 0 aromatic heterocycles. The van der Waals surface area contributed by atoms with Gasteiger partial charge < -0.3 is 20.7 Å². The molecule has 3 N–H and O–H groups in total. The first kappa shape index (κ1) is 21.6. The van der Waals surface area contributed by atoms with E-state index >= 15 is 0 Å². The lowest BCUT2D eigenvalue weighted by Crippen LogP contribution is -2.35. The monoisotopic (exact) mass is 379 g/mol. The number of hydrogen-bond acceptors (Lipinski definition) is 5. The molecule has 26 heavy (non-hydrogen) atoms. The summed E-state index contributed by atoms with van der Waals surface area (Å²) in [5.74, 6) is -1.05. The maximum absolute atomic E-state index is 12.2. The van der Waals surface area contributed by atoms with Crippen LogP contribution in [0.5, 0.6) is 0 Å². The molecule has 1 aromatic rings. The summed E-state index contributed by atoms with van der Waals surface area (Å²) in [7, 11) is 0. The van der Waals surface area contributed by atoms with E-state index in [9.17, 15) is 14.4 Å². The second-order valence-electron chi connectivity index (χ2n) is 5.46. The Kier molecular flexibility index (Phi) is 9.93. The summed E-state index contributed by atoms with van der Waals surface area (Å²) >= 11 is 5.10. The SMILES string of the molecule is CCCCNC(=O)c1ccccc1NC(=S)NC(=O)CCC(=O)OCC. The molecule has 1 aromatic carbocycles. The van der Waals surface area contributed by atoms with E-state index in [1.54, 1.807) is 31.2 Å². The molecular formula is C18H25N3O4S. The smallest absolute Gasteiger partial charge is 0.306 e. The van der Waals surface area contributed by atoms with E-state index < -0.39 is 11.9 Å². The molecule has 0 saturated carbocycles. The first-order valence-electron chi connectivity index (χ1n) is 8.61. The van der Waals surface area contributed by atoms with Crippen molar-refractivity contribution in [2.24, 2.45) is 0 Å². The lowest BCUT2D eigenvalue weighted by molar-refractivity contribution is -0.144. The number of benzene rings is 1. The Morgan fingerprint density at radius 2 is 1.85 bits per heavy atom. The van der Waals surface area contributed by atoms with Crippen molar-refractivity contribution in [1.82, 2.24) is 10.6 Å². The third-order valence-electron chi connectivity index (χ3n) is 3.35. The summed E-state index contributed by atoms with van der Waals surface area (Å²) in [6.45, 7) is 4.62. The van der Waals surface area contributed by atoms with Crippen LogP contribution < -0.4 is 16.0 Å².